The van der Waals surface area contributed by atoms with Crippen LogP contribution in [-0.2, 0) is 10.2 Å². The van der Waals surface area contributed by atoms with Crippen LogP contribution in [0.2, 0.25) is 5.02 Å². The summed E-state index contributed by atoms with van der Waals surface area (Å²) in [4.78, 5) is 4.24. The number of aromatic nitrogens is 3. The molecule has 3 heterocycles. The highest BCUT2D eigenvalue weighted by Gasteiger charge is 2.70. The Balaban J connectivity index is 1.56. The van der Waals surface area contributed by atoms with Crippen LogP contribution in [0.25, 0.3) is 5.52 Å². The van der Waals surface area contributed by atoms with Gasteiger partial charge in [0.25, 0.3) is 0 Å². The first-order valence-corrected chi connectivity index (χ1v) is 9.01. The van der Waals surface area contributed by atoms with E-state index in [2.05, 4.69) is 21.5 Å². The molecule has 4 aliphatic rings. The Morgan fingerprint density at radius 1 is 1.46 bits per heavy atom. The summed E-state index contributed by atoms with van der Waals surface area (Å²) in [5, 5.41) is 27.6. The highest BCUT2D eigenvalue weighted by molar-refractivity contribution is 6.35. The number of fused-ring (bicyclic) bond motifs is 1. The van der Waals surface area contributed by atoms with E-state index in [1.165, 1.54) is 0 Å². The van der Waals surface area contributed by atoms with E-state index < -0.39 is 17.8 Å². The van der Waals surface area contributed by atoms with Gasteiger partial charge in [0.05, 0.1) is 40.7 Å². The van der Waals surface area contributed by atoms with E-state index in [1.807, 2.05) is 0 Å². The third-order valence-corrected chi connectivity index (χ3v) is 6.23. The van der Waals surface area contributed by atoms with Gasteiger partial charge in [-0.1, -0.05) is 11.6 Å². The van der Waals surface area contributed by atoms with Crippen molar-refractivity contribution in [3.63, 3.8) is 0 Å². The number of nitriles is 1. The first-order valence-electron chi connectivity index (χ1n) is 8.63. The van der Waals surface area contributed by atoms with Gasteiger partial charge in [0.2, 0.25) is 5.95 Å². The van der Waals surface area contributed by atoms with Gasteiger partial charge in [-0.3, -0.25) is 0 Å². The Bertz CT molecular complexity index is 935. The van der Waals surface area contributed by atoms with Gasteiger partial charge in [-0.25, -0.2) is 13.9 Å². The van der Waals surface area contributed by atoms with Crippen molar-refractivity contribution in [2.75, 3.05) is 18.5 Å². The van der Waals surface area contributed by atoms with Gasteiger partial charge in [0, 0.05) is 12.0 Å². The van der Waals surface area contributed by atoms with Gasteiger partial charge in [-0.05, 0) is 25.7 Å². The number of nitrogens with one attached hydrogen (secondary N) is 1. The van der Waals surface area contributed by atoms with Crippen LogP contribution in [0, 0.1) is 11.3 Å². The molecule has 0 radical (unpaired) electrons. The second-order valence-electron chi connectivity index (χ2n) is 7.69. The summed E-state index contributed by atoms with van der Waals surface area (Å²) in [5.74, 6) is 0.287. The van der Waals surface area contributed by atoms with Crippen molar-refractivity contribution >= 4 is 23.1 Å². The topological polar surface area (TPSA) is 95.5 Å². The molecule has 1 aliphatic heterocycles. The minimum absolute atomic E-state index is 0.0563. The van der Waals surface area contributed by atoms with E-state index in [-0.39, 0.29) is 18.0 Å². The van der Waals surface area contributed by atoms with Crippen LogP contribution >= 0.6 is 11.6 Å². The van der Waals surface area contributed by atoms with Crippen LogP contribution in [0.15, 0.2) is 6.20 Å². The molecule has 2 bridgehead atoms. The summed E-state index contributed by atoms with van der Waals surface area (Å²) < 4.78 is 20.8. The maximum Gasteiger partial charge on any atom is 0.241 e. The molecule has 2 aromatic heterocycles. The molecule has 0 unspecified atom stereocenters. The Hall–Kier alpha value is -1.95. The highest BCUT2D eigenvalue weighted by atomic mass is 35.5. The Kier molecular flexibility index (Phi) is 3.30. The lowest BCUT2D eigenvalue weighted by atomic mass is 9.40. The zero-order valence-electron chi connectivity index (χ0n) is 13.9. The van der Waals surface area contributed by atoms with Crippen LogP contribution in [0.3, 0.4) is 0 Å². The molecule has 4 fully saturated rings. The normalized spacial score (nSPS) is 35.5. The van der Waals surface area contributed by atoms with Gasteiger partial charge >= 0.3 is 0 Å². The molecule has 2 N–H and O–H groups in total. The van der Waals surface area contributed by atoms with Crippen LogP contribution in [0.4, 0.5) is 10.3 Å². The number of rotatable bonds is 3. The molecule has 0 aromatic carbocycles. The molecule has 26 heavy (non-hydrogen) atoms. The summed E-state index contributed by atoms with van der Waals surface area (Å²) in [5.41, 5.74) is 0.785. The van der Waals surface area contributed by atoms with Crippen molar-refractivity contribution in [2.24, 2.45) is 0 Å². The third-order valence-electron chi connectivity index (χ3n) is 5.84. The SMILES string of the molecule is N#Cc1c(Cl)c2cnc(N[C@@H]3CCOC[C@H]3F)nn2c1C12CC(O)(C1)C2. The van der Waals surface area contributed by atoms with Crippen LogP contribution in [0.1, 0.15) is 36.9 Å². The zero-order chi connectivity index (χ0) is 18.1. The summed E-state index contributed by atoms with van der Waals surface area (Å²) in [6.45, 7) is 0.544. The molecule has 2 atom stereocenters. The average Bonchev–Trinajstić information content (AvgIpc) is 2.85. The van der Waals surface area contributed by atoms with E-state index >= 15 is 0 Å². The molecule has 0 amide bonds. The Labute approximate surface area is 153 Å². The Morgan fingerprint density at radius 3 is 2.88 bits per heavy atom. The van der Waals surface area contributed by atoms with Crippen molar-refractivity contribution in [3.05, 3.63) is 22.5 Å². The fourth-order valence-electron chi connectivity index (χ4n) is 4.68. The fourth-order valence-corrected chi connectivity index (χ4v) is 4.95. The largest absolute Gasteiger partial charge is 0.390 e. The van der Waals surface area contributed by atoms with E-state index in [4.69, 9.17) is 16.3 Å². The summed E-state index contributed by atoms with van der Waals surface area (Å²) in [6, 6.07) is 1.76. The minimum atomic E-state index is -1.13. The second kappa shape index (κ2) is 5.28. The maximum atomic E-state index is 14.0. The van der Waals surface area contributed by atoms with Crippen molar-refractivity contribution in [2.45, 2.75) is 48.9 Å². The van der Waals surface area contributed by atoms with Crippen LogP contribution in [-0.4, -0.2) is 50.7 Å². The monoisotopic (exact) mass is 377 g/mol. The standard InChI is InChI=1S/C17H17ClFN5O2/c18-13-9(3-20)14(16-6-17(25,7-16)8-16)24-12(13)4-21-15(23-24)22-11-1-2-26-5-10(11)19/h4,10-11,25H,1-2,5-8H2,(H,22,23)/t10-,11-,16?,17?/m1/s1. The smallest absolute Gasteiger partial charge is 0.241 e. The zero-order valence-corrected chi connectivity index (χ0v) is 14.6. The van der Waals surface area contributed by atoms with Gasteiger partial charge in [-0.2, -0.15) is 5.26 Å². The molecule has 0 spiro atoms. The lowest BCUT2D eigenvalue weighted by Crippen LogP contribution is -2.70. The quantitative estimate of drug-likeness (QED) is 0.849. The fraction of sp³-hybridized carbons (Fsp3) is 0.588. The molecule has 7 nitrogen and oxygen atoms in total. The minimum Gasteiger partial charge on any atom is -0.390 e. The molecular formula is C17H17ClFN5O2. The van der Waals surface area contributed by atoms with Gasteiger partial charge < -0.3 is 15.2 Å². The first-order chi connectivity index (χ1) is 12.4. The third kappa shape index (κ3) is 2.11. The number of alkyl halides is 1. The molecule has 1 saturated heterocycles. The number of halogens is 2. The van der Waals surface area contributed by atoms with E-state index in [0.29, 0.717) is 48.4 Å². The molecule has 2 aromatic rings. The maximum absolute atomic E-state index is 14.0. The van der Waals surface area contributed by atoms with E-state index in [0.717, 1.165) is 5.69 Å². The van der Waals surface area contributed by atoms with Crippen molar-refractivity contribution in [1.29, 1.82) is 5.26 Å². The summed E-state index contributed by atoms with van der Waals surface area (Å²) in [7, 11) is 0. The molecule has 6 rings (SSSR count). The van der Waals surface area contributed by atoms with E-state index in [1.54, 1.807) is 10.7 Å². The number of aliphatic hydroxyl groups is 1. The molecule has 3 aliphatic carbocycles. The summed E-state index contributed by atoms with van der Waals surface area (Å²) in [6.07, 6.45) is 2.78. The molecular weight excluding hydrogens is 361 g/mol. The van der Waals surface area contributed by atoms with Crippen LogP contribution in [0.5, 0.6) is 0 Å². The number of nitrogens with zero attached hydrogens (tertiary/aromatic N) is 4. The number of anilines is 1. The van der Waals surface area contributed by atoms with Crippen molar-refractivity contribution in [3.8, 4) is 6.07 Å². The lowest BCUT2D eigenvalue weighted by Gasteiger charge is -2.67. The lowest BCUT2D eigenvalue weighted by molar-refractivity contribution is -0.215. The van der Waals surface area contributed by atoms with Crippen molar-refractivity contribution < 1.29 is 14.2 Å². The van der Waals surface area contributed by atoms with Gasteiger partial charge in [-0.15, -0.1) is 5.10 Å². The number of ether oxygens (including phenoxy) is 1. The molecule has 9 heteroatoms. The molecule has 136 valence electrons. The van der Waals surface area contributed by atoms with Gasteiger partial charge in [0.1, 0.15) is 17.8 Å². The number of hydrogen-bond donors (Lipinski definition) is 2. The Morgan fingerprint density at radius 2 is 2.23 bits per heavy atom. The van der Waals surface area contributed by atoms with Crippen LogP contribution < -0.4 is 5.32 Å². The first kappa shape index (κ1) is 16.2. The predicted octanol–water partition coefficient (Wildman–Crippen LogP) is 1.96. The van der Waals surface area contributed by atoms with Gasteiger partial charge in [0.15, 0.2) is 0 Å². The molecule has 3 saturated carbocycles. The number of hydrogen-bond acceptors (Lipinski definition) is 6. The average molecular weight is 378 g/mol. The van der Waals surface area contributed by atoms with E-state index in [9.17, 15) is 14.8 Å². The predicted molar refractivity (Wildman–Crippen MR) is 90.9 cm³/mol. The van der Waals surface area contributed by atoms with Crippen molar-refractivity contribution in [1.82, 2.24) is 14.6 Å². The highest BCUT2D eigenvalue weighted by Crippen LogP contribution is 2.68. The summed E-state index contributed by atoms with van der Waals surface area (Å²) >= 11 is 6.39. The second-order valence-corrected chi connectivity index (χ2v) is 8.07.